The lowest BCUT2D eigenvalue weighted by Crippen LogP contribution is -2.07. The van der Waals surface area contributed by atoms with E-state index in [1.54, 1.807) is 6.08 Å². The van der Waals surface area contributed by atoms with E-state index in [1.807, 2.05) is 43.3 Å². The Hall–Kier alpha value is -1.53. The number of rotatable bonds is 2. The third-order valence-corrected chi connectivity index (χ3v) is 1.65. The Morgan fingerprint density at radius 3 is 2.25 bits per heavy atom. The van der Waals surface area contributed by atoms with E-state index in [-0.39, 0.29) is 0 Å². The summed E-state index contributed by atoms with van der Waals surface area (Å²) in [6, 6.07) is 7.97. The predicted octanol–water partition coefficient (Wildman–Crippen LogP) is 2.01. The van der Waals surface area contributed by atoms with Gasteiger partial charge in [-0.1, -0.05) is 12.1 Å². The predicted molar refractivity (Wildman–Crippen MR) is 53.0 cm³/mol. The first-order valence-corrected chi connectivity index (χ1v) is 3.77. The lowest BCUT2D eigenvalue weighted by molar-refractivity contribution is 1.13. The second-order valence-corrected chi connectivity index (χ2v) is 2.77. The monoisotopic (exact) mass is 160 g/mol. The van der Waals surface area contributed by atoms with E-state index < -0.39 is 0 Å². The minimum Gasteiger partial charge on any atom is -0.378 e. The average molecular weight is 160 g/mol. The summed E-state index contributed by atoms with van der Waals surface area (Å²) in [5.74, 6) is 2.24. The van der Waals surface area contributed by atoms with Gasteiger partial charge in [0.05, 0.1) is 0 Å². The summed E-state index contributed by atoms with van der Waals surface area (Å²) in [6.45, 7) is 0. The SMILES string of the molecule is CN(C)c1ccc(C=C=N)cc1. The molecule has 1 aromatic carbocycles. The molecule has 1 N–H and O–H groups in total. The van der Waals surface area contributed by atoms with Crippen LogP contribution < -0.4 is 4.90 Å². The first-order chi connectivity index (χ1) is 5.74. The van der Waals surface area contributed by atoms with Gasteiger partial charge in [0.25, 0.3) is 0 Å². The molecule has 0 aromatic heterocycles. The summed E-state index contributed by atoms with van der Waals surface area (Å²) < 4.78 is 0. The normalized spacial score (nSPS) is 8.83. The van der Waals surface area contributed by atoms with Gasteiger partial charge in [-0.15, -0.1) is 0 Å². The van der Waals surface area contributed by atoms with E-state index in [0.717, 1.165) is 11.3 Å². The molecule has 0 fully saturated rings. The number of hydrogen-bond acceptors (Lipinski definition) is 2. The smallest absolute Gasteiger partial charge is 0.0361 e. The van der Waals surface area contributed by atoms with Crippen LogP contribution >= 0.6 is 0 Å². The summed E-state index contributed by atoms with van der Waals surface area (Å²) in [6.07, 6.45) is 1.64. The van der Waals surface area contributed by atoms with Crippen LogP contribution in [0.4, 0.5) is 5.69 Å². The van der Waals surface area contributed by atoms with Crippen molar-refractivity contribution >= 4 is 17.6 Å². The van der Waals surface area contributed by atoms with Crippen molar-refractivity contribution in [1.29, 1.82) is 5.41 Å². The third kappa shape index (κ3) is 1.97. The summed E-state index contributed by atoms with van der Waals surface area (Å²) in [5.41, 5.74) is 2.17. The van der Waals surface area contributed by atoms with E-state index in [1.165, 1.54) is 0 Å². The lowest BCUT2D eigenvalue weighted by atomic mass is 10.2. The van der Waals surface area contributed by atoms with Crippen LogP contribution in [0.5, 0.6) is 0 Å². The second kappa shape index (κ2) is 3.74. The Labute approximate surface area is 72.6 Å². The lowest BCUT2D eigenvalue weighted by Gasteiger charge is -2.11. The van der Waals surface area contributed by atoms with E-state index in [9.17, 15) is 0 Å². The van der Waals surface area contributed by atoms with E-state index in [2.05, 4.69) is 5.87 Å². The van der Waals surface area contributed by atoms with Crippen molar-refractivity contribution < 1.29 is 0 Å². The van der Waals surface area contributed by atoms with E-state index in [0.29, 0.717) is 0 Å². The van der Waals surface area contributed by atoms with E-state index >= 15 is 0 Å². The van der Waals surface area contributed by atoms with Crippen LogP contribution in [0.15, 0.2) is 24.3 Å². The van der Waals surface area contributed by atoms with Crippen molar-refractivity contribution in [2.75, 3.05) is 19.0 Å². The molecule has 0 aliphatic carbocycles. The zero-order valence-electron chi connectivity index (χ0n) is 7.33. The fraction of sp³-hybridized carbons (Fsp3) is 0.200. The van der Waals surface area contributed by atoms with Gasteiger partial charge in [0.1, 0.15) is 0 Å². The molecule has 0 atom stereocenters. The van der Waals surface area contributed by atoms with Gasteiger partial charge in [0.15, 0.2) is 0 Å². The molecule has 0 aliphatic heterocycles. The molecule has 0 bridgehead atoms. The maximum atomic E-state index is 6.76. The van der Waals surface area contributed by atoms with Gasteiger partial charge in [-0.3, -0.25) is 5.41 Å². The Morgan fingerprint density at radius 2 is 1.83 bits per heavy atom. The Balaban J connectivity index is 2.92. The van der Waals surface area contributed by atoms with Crippen LogP contribution in [0.25, 0.3) is 6.08 Å². The zero-order chi connectivity index (χ0) is 8.97. The molecule has 0 heterocycles. The van der Waals surface area contributed by atoms with Crippen molar-refractivity contribution in [1.82, 2.24) is 0 Å². The number of anilines is 1. The highest BCUT2D eigenvalue weighted by atomic mass is 15.1. The van der Waals surface area contributed by atoms with Gasteiger partial charge in [-0.25, -0.2) is 0 Å². The molecule has 0 unspecified atom stereocenters. The number of nitrogens with zero attached hydrogens (tertiary/aromatic N) is 1. The van der Waals surface area contributed by atoms with Crippen molar-refractivity contribution in [3.05, 3.63) is 29.8 Å². The van der Waals surface area contributed by atoms with Gasteiger partial charge in [0, 0.05) is 25.9 Å². The molecule has 0 amide bonds. The van der Waals surface area contributed by atoms with Crippen LogP contribution in [0, 0.1) is 5.41 Å². The fourth-order valence-corrected chi connectivity index (χ4v) is 0.952. The zero-order valence-corrected chi connectivity index (χ0v) is 7.33. The molecule has 0 spiro atoms. The van der Waals surface area contributed by atoms with Gasteiger partial charge in [-0.05, 0) is 23.6 Å². The maximum Gasteiger partial charge on any atom is 0.0361 e. The molecule has 0 saturated heterocycles. The highest BCUT2D eigenvalue weighted by Gasteiger charge is 1.92. The molecule has 2 heteroatoms. The quantitative estimate of drug-likeness (QED) is 0.658. The number of nitrogens with one attached hydrogen (secondary N) is 1. The molecule has 0 saturated carbocycles. The Morgan fingerprint density at radius 1 is 1.25 bits per heavy atom. The number of benzene rings is 1. The fourth-order valence-electron chi connectivity index (χ4n) is 0.952. The van der Waals surface area contributed by atoms with Gasteiger partial charge in [-0.2, -0.15) is 0 Å². The molecule has 2 nitrogen and oxygen atoms in total. The highest BCUT2D eigenvalue weighted by Crippen LogP contribution is 2.12. The first kappa shape index (κ1) is 8.57. The summed E-state index contributed by atoms with van der Waals surface area (Å²) in [7, 11) is 4.00. The van der Waals surface area contributed by atoms with Crippen LogP contribution in [0.2, 0.25) is 0 Å². The van der Waals surface area contributed by atoms with Gasteiger partial charge < -0.3 is 4.90 Å². The van der Waals surface area contributed by atoms with Crippen LogP contribution in [0.3, 0.4) is 0 Å². The standard InChI is InChI=1S/C10H12N2/c1-12(2)10-5-3-9(4-6-10)7-8-11/h3-7,11H,1-2H3. The molecular weight excluding hydrogens is 148 g/mol. The summed E-state index contributed by atoms with van der Waals surface area (Å²) in [5, 5.41) is 6.76. The number of hydrogen-bond donors (Lipinski definition) is 1. The van der Waals surface area contributed by atoms with Crippen molar-refractivity contribution in [2.24, 2.45) is 0 Å². The Kier molecular flexibility index (Phi) is 2.67. The van der Waals surface area contributed by atoms with Crippen LogP contribution in [-0.2, 0) is 0 Å². The highest BCUT2D eigenvalue weighted by molar-refractivity contribution is 5.76. The molecule has 0 radical (unpaired) electrons. The average Bonchev–Trinajstić information content (AvgIpc) is 2.06. The molecular formula is C10H12N2. The molecule has 1 aromatic rings. The van der Waals surface area contributed by atoms with Gasteiger partial charge in [0.2, 0.25) is 0 Å². The molecule has 62 valence electrons. The summed E-state index contributed by atoms with van der Waals surface area (Å²) >= 11 is 0. The van der Waals surface area contributed by atoms with Crippen molar-refractivity contribution in [2.45, 2.75) is 0 Å². The molecule has 12 heavy (non-hydrogen) atoms. The van der Waals surface area contributed by atoms with Gasteiger partial charge >= 0.3 is 0 Å². The minimum absolute atomic E-state index is 1.01. The minimum atomic E-state index is 1.01. The third-order valence-electron chi connectivity index (χ3n) is 1.65. The van der Waals surface area contributed by atoms with Crippen LogP contribution in [-0.4, -0.2) is 20.0 Å². The molecule has 1 rings (SSSR count). The van der Waals surface area contributed by atoms with Crippen molar-refractivity contribution in [3.63, 3.8) is 0 Å². The van der Waals surface area contributed by atoms with Crippen molar-refractivity contribution in [3.8, 4) is 0 Å². The topological polar surface area (TPSA) is 27.1 Å². The molecule has 0 aliphatic rings. The summed E-state index contributed by atoms with van der Waals surface area (Å²) in [4.78, 5) is 2.04. The largest absolute Gasteiger partial charge is 0.378 e. The second-order valence-electron chi connectivity index (χ2n) is 2.77. The Bertz CT molecular complexity index is 292. The first-order valence-electron chi connectivity index (χ1n) is 3.77. The van der Waals surface area contributed by atoms with Crippen LogP contribution in [0.1, 0.15) is 5.56 Å². The maximum absolute atomic E-state index is 6.76. The van der Waals surface area contributed by atoms with E-state index in [4.69, 9.17) is 5.41 Å².